The summed E-state index contributed by atoms with van der Waals surface area (Å²) in [6, 6.07) is 10.1. The molecule has 1 aromatic carbocycles. The molecule has 0 unspecified atom stereocenters. The SMILES string of the molecule is Cc1cc(Nc2ccnc(C#N)c2)ccc1F. The standard InChI is InChI=1S/C13H10FN3/c1-9-6-10(2-3-13(9)14)17-11-4-5-16-12(7-11)8-15/h2-7H,1H3,(H,16,17). The molecule has 17 heavy (non-hydrogen) atoms. The van der Waals surface area contributed by atoms with E-state index in [1.165, 1.54) is 6.07 Å². The third kappa shape index (κ3) is 2.58. The third-order valence-electron chi connectivity index (χ3n) is 2.32. The average molecular weight is 227 g/mol. The fraction of sp³-hybridized carbons (Fsp3) is 0.0769. The number of halogens is 1. The van der Waals surface area contributed by atoms with Crippen molar-refractivity contribution in [3.63, 3.8) is 0 Å². The lowest BCUT2D eigenvalue weighted by Gasteiger charge is -2.07. The molecule has 1 aromatic heterocycles. The summed E-state index contributed by atoms with van der Waals surface area (Å²) in [5.74, 6) is -0.233. The van der Waals surface area contributed by atoms with Crippen molar-refractivity contribution < 1.29 is 4.39 Å². The van der Waals surface area contributed by atoms with Gasteiger partial charge in [-0.05, 0) is 42.8 Å². The molecule has 0 saturated carbocycles. The van der Waals surface area contributed by atoms with Crippen molar-refractivity contribution >= 4 is 11.4 Å². The highest BCUT2D eigenvalue weighted by molar-refractivity contribution is 5.60. The molecular weight excluding hydrogens is 217 g/mol. The Labute approximate surface area is 98.5 Å². The number of hydrogen-bond donors (Lipinski definition) is 1. The zero-order valence-electron chi connectivity index (χ0n) is 9.24. The number of anilines is 2. The molecular formula is C13H10FN3. The maximum atomic E-state index is 13.1. The Morgan fingerprint density at radius 2 is 2.00 bits per heavy atom. The molecule has 4 heteroatoms. The summed E-state index contributed by atoms with van der Waals surface area (Å²) < 4.78 is 13.1. The van der Waals surface area contributed by atoms with Crippen LogP contribution in [-0.2, 0) is 0 Å². The van der Waals surface area contributed by atoms with Crippen LogP contribution in [0.1, 0.15) is 11.3 Å². The molecule has 84 valence electrons. The van der Waals surface area contributed by atoms with Crippen LogP contribution >= 0.6 is 0 Å². The summed E-state index contributed by atoms with van der Waals surface area (Å²) in [4.78, 5) is 3.87. The monoisotopic (exact) mass is 227 g/mol. The van der Waals surface area contributed by atoms with Crippen molar-refractivity contribution in [2.75, 3.05) is 5.32 Å². The van der Waals surface area contributed by atoms with Crippen LogP contribution in [0.25, 0.3) is 0 Å². The first kappa shape index (κ1) is 11.1. The Balaban J connectivity index is 2.25. The Kier molecular flexibility index (Phi) is 3.01. The Bertz CT molecular complexity index is 587. The first-order valence-corrected chi connectivity index (χ1v) is 5.08. The Morgan fingerprint density at radius 3 is 2.71 bits per heavy atom. The zero-order valence-corrected chi connectivity index (χ0v) is 9.24. The van der Waals surface area contributed by atoms with E-state index in [0.29, 0.717) is 11.3 Å². The van der Waals surface area contributed by atoms with Crippen LogP contribution < -0.4 is 5.32 Å². The molecule has 0 radical (unpaired) electrons. The highest BCUT2D eigenvalue weighted by Crippen LogP contribution is 2.19. The van der Waals surface area contributed by atoms with Gasteiger partial charge in [-0.15, -0.1) is 0 Å². The molecule has 0 aliphatic rings. The second kappa shape index (κ2) is 4.62. The fourth-order valence-corrected chi connectivity index (χ4v) is 1.46. The van der Waals surface area contributed by atoms with Gasteiger partial charge in [0.2, 0.25) is 0 Å². The molecule has 0 saturated heterocycles. The van der Waals surface area contributed by atoms with Gasteiger partial charge in [-0.25, -0.2) is 9.37 Å². The second-order valence-corrected chi connectivity index (χ2v) is 3.63. The maximum absolute atomic E-state index is 13.1. The van der Waals surface area contributed by atoms with Crippen LogP contribution in [0.5, 0.6) is 0 Å². The summed E-state index contributed by atoms with van der Waals surface area (Å²) in [5.41, 5.74) is 2.44. The molecule has 0 atom stereocenters. The molecule has 1 N–H and O–H groups in total. The Morgan fingerprint density at radius 1 is 1.24 bits per heavy atom. The van der Waals surface area contributed by atoms with Crippen LogP contribution in [0, 0.1) is 24.1 Å². The number of pyridine rings is 1. The molecule has 0 fully saturated rings. The van der Waals surface area contributed by atoms with Gasteiger partial charge >= 0.3 is 0 Å². The van der Waals surface area contributed by atoms with Crippen LogP contribution in [0.15, 0.2) is 36.5 Å². The summed E-state index contributed by atoms with van der Waals surface area (Å²) >= 11 is 0. The largest absolute Gasteiger partial charge is 0.355 e. The molecule has 1 heterocycles. The summed E-state index contributed by atoms with van der Waals surface area (Å²) in [6.45, 7) is 1.70. The zero-order chi connectivity index (χ0) is 12.3. The van der Waals surface area contributed by atoms with E-state index in [-0.39, 0.29) is 5.82 Å². The van der Waals surface area contributed by atoms with Crippen molar-refractivity contribution in [2.45, 2.75) is 6.92 Å². The van der Waals surface area contributed by atoms with E-state index in [4.69, 9.17) is 5.26 Å². The van der Waals surface area contributed by atoms with Crippen molar-refractivity contribution in [3.8, 4) is 6.07 Å². The topological polar surface area (TPSA) is 48.7 Å². The van der Waals surface area contributed by atoms with Crippen LogP contribution in [0.2, 0.25) is 0 Å². The van der Waals surface area contributed by atoms with E-state index >= 15 is 0 Å². The number of rotatable bonds is 2. The number of aromatic nitrogens is 1. The first-order chi connectivity index (χ1) is 8.19. The first-order valence-electron chi connectivity index (χ1n) is 5.08. The lowest BCUT2D eigenvalue weighted by Crippen LogP contribution is -1.93. The summed E-state index contributed by atoms with van der Waals surface area (Å²) in [5, 5.41) is 11.8. The normalized spacial score (nSPS) is 9.71. The van der Waals surface area contributed by atoms with Crippen LogP contribution in [-0.4, -0.2) is 4.98 Å². The quantitative estimate of drug-likeness (QED) is 0.857. The number of aryl methyl sites for hydroxylation is 1. The lowest BCUT2D eigenvalue weighted by molar-refractivity contribution is 0.619. The van der Waals surface area contributed by atoms with Gasteiger partial charge in [-0.1, -0.05) is 0 Å². The predicted molar refractivity (Wildman–Crippen MR) is 63.4 cm³/mol. The van der Waals surface area contributed by atoms with E-state index in [1.54, 1.807) is 37.4 Å². The number of nitriles is 1. The van der Waals surface area contributed by atoms with Gasteiger partial charge in [0.1, 0.15) is 17.6 Å². The number of nitrogens with zero attached hydrogens (tertiary/aromatic N) is 2. The third-order valence-corrected chi connectivity index (χ3v) is 2.32. The van der Waals surface area contributed by atoms with E-state index in [1.807, 2.05) is 6.07 Å². The molecule has 2 rings (SSSR count). The van der Waals surface area contributed by atoms with E-state index in [2.05, 4.69) is 10.3 Å². The van der Waals surface area contributed by atoms with E-state index in [0.717, 1.165) is 11.4 Å². The number of hydrogen-bond acceptors (Lipinski definition) is 3. The number of benzene rings is 1. The molecule has 0 amide bonds. The minimum absolute atomic E-state index is 0.233. The van der Waals surface area contributed by atoms with Crippen molar-refractivity contribution in [3.05, 3.63) is 53.6 Å². The van der Waals surface area contributed by atoms with Crippen molar-refractivity contribution in [1.82, 2.24) is 4.98 Å². The minimum Gasteiger partial charge on any atom is -0.355 e. The van der Waals surface area contributed by atoms with Gasteiger partial charge in [-0.3, -0.25) is 0 Å². The van der Waals surface area contributed by atoms with Gasteiger partial charge < -0.3 is 5.32 Å². The highest BCUT2D eigenvalue weighted by atomic mass is 19.1. The summed E-state index contributed by atoms with van der Waals surface area (Å²) in [7, 11) is 0. The van der Waals surface area contributed by atoms with Gasteiger partial charge in [0.05, 0.1) is 0 Å². The molecule has 0 aliphatic carbocycles. The molecule has 2 aromatic rings. The van der Waals surface area contributed by atoms with Crippen LogP contribution in [0.3, 0.4) is 0 Å². The van der Waals surface area contributed by atoms with Gasteiger partial charge in [0.15, 0.2) is 0 Å². The molecule has 3 nitrogen and oxygen atoms in total. The molecule has 0 spiro atoms. The second-order valence-electron chi connectivity index (χ2n) is 3.63. The van der Waals surface area contributed by atoms with Gasteiger partial charge in [-0.2, -0.15) is 5.26 Å². The fourth-order valence-electron chi connectivity index (χ4n) is 1.46. The Hall–Kier alpha value is -2.41. The molecule has 0 aliphatic heterocycles. The molecule has 0 bridgehead atoms. The van der Waals surface area contributed by atoms with E-state index < -0.39 is 0 Å². The maximum Gasteiger partial charge on any atom is 0.142 e. The predicted octanol–water partition coefficient (Wildman–Crippen LogP) is 3.14. The van der Waals surface area contributed by atoms with E-state index in [9.17, 15) is 4.39 Å². The van der Waals surface area contributed by atoms with Gasteiger partial charge in [0.25, 0.3) is 0 Å². The van der Waals surface area contributed by atoms with Gasteiger partial charge in [0, 0.05) is 17.6 Å². The summed E-state index contributed by atoms with van der Waals surface area (Å²) in [6.07, 6.45) is 1.55. The number of nitrogens with one attached hydrogen (secondary N) is 1. The minimum atomic E-state index is -0.233. The smallest absolute Gasteiger partial charge is 0.142 e. The van der Waals surface area contributed by atoms with Crippen molar-refractivity contribution in [1.29, 1.82) is 5.26 Å². The van der Waals surface area contributed by atoms with Crippen molar-refractivity contribution in [2.24, 2.45) is 0 Å². The lowest BCUT2D eigenvalue weighted by atomic mass is 10.2. The average Bonchev–Trinajstić information content (AvgIpc) is 2.34. The van der Waals surface area contributed by atoms with Crippen LogP contribution in [0.4, 0.5) is 15.8 Å². The highest BCUT2D eigenvalue weighted by Gasteiger charge is 2.00.